The zero-order chi connectivity index (χ0) is 13.8. The Morgan fingerprint density at radius 1 is 1.37 bits per heavy atom. The van der Waals surface area contributed by atoms with Gasteiger partial charge in [0.2, 0.25) is 0 Å². The summed E-state index contributed by atoms with van der Waals surface area (Å²) in [5, 5.41) is 9.31. The van der Waals surface area contributed by atoms with Crippen molar-refractivity contribution in [1.29, 1.82) is 5.26 Å². The van der Waals surface area contributed by atoms with Crippen molar-refractivity contribution in [2.75, 3.05) is 5.73 Å². The molecule has 96 valence electrons. The number of hydrogen-bond acceptors (Lipinski definition) is 5. The predicted octanol–water partition coefficient (Wildman–Crippen LogP) is 2.67. The van der Waals surface area contributed by atoms with Crippen LogP contribution in [-0.4, -0.2) is 9.97 Å². The van der Waals surface area contributed by atoms with Crippen molar-refractivity contribution in [3.8, 4) is 6.07 Å². The number of nitrogen functional groups attached to an aromatic ring is 1. The minimum absolute atomic E-state index is 0.158. The maximum atomic E-state index is 13.4. The van der Waals surface area contributed by atoms with Gasteiger partial charge in [0.15, 0.2) is 5.16 Å². The molecule has 0 aliphatic carbocycles. The van der Waals surface area contributed by atoms with Crippen LogP contribution < -0.4 is 5.73 Å². The molecule has 4 nitrogen and oxygen atoms in total. The maximum Gasteiger partial charge on any atom is 0.190 e. The molecule has 0 bridgehead atoms. The summed E-state index contributed by atoms with van der Waals surface area (Å²) in [5.41, 5.74) is 7.07. The summed E-state index contributed by atoms with van der Waals surface area (Å²) in [6, 6.07) is 8.50. The van der Waals surface area contributed by atoms with Gasteiger partial charge in [-0.2, -0.15) is 5.26 Å². The lowest BCUT2D eigenvalue weighted by Crippen LogP contribution is -2.02. The van der Waals surface area contributed by atoms with Crippen LogP contribution in [0.4, 0.5) is 10.2 Å². The third-order valence-corrected chi connectivity index (χ3v) is 3.42. The van der Waals surface area contributed by atoms with Crippen LogP contribution >= 0.6 is 11.8 Å². The van der Waals surface area contributed by atoms with E-state index in [9.17, 15) is 4.39 Å². The minimum Gasteiger partial charge on any atom is -0.382 e. The lowest BCUT2D eigenvalue weighted by Gasteiger charge is -2.05. The number of rotatable bonds is 3. The maximum absolute atomic E-state index is 13.4. The number of nitrogens with two attached hydrogens (primary N) is 1. The monoisotopic (exact) mass is 274 g/mol. The highest BCUT2D eigenvalue weighted by atomic mass is 32.2. The van der Waals surface area contributed by atoms with E-state index in [4.69, 9.17) is 11.0 Å². The first-order chi connectivity index (χ1) is 9.11. The number of hydrogen-bond donors (Lipinski definition) is 1. The minimum atomic E-state index is -0.256. The van der Waals surface area contributed by atoms with Crippen molar-refractivity contribution >= 4 is 17.6 Å². The van der Waals surface area contributed by atoms with Crippen molar-refractivity contribution in [3.63, 3.8) is 0 Å². The van der Waals surface area contributed by atoms with Crippen LogP contribution in [0.1, 0.15) is 16.8 Å². The molecule has 2 rings (SSSR count). The number of aromatic nitrogens is 2. The summed E-state index contributed by atoms with van der Waals surface area (Å²) < 4.78 is 13.4. The second-order valence-electron chi connectivity index (χ2n) is 3.84. The molecule has 1 aromatic heterocycles. The van der Waals surface area contributed by atoms with Gasteiger partial charge in [-0.1, -0.05) is 30.0 Å². The summed E-state index contributed by atoms with van der Waals surface area (Å²) >= 11 is 1.28. The first-order valence-corrected chi connectivity index (χ1v) is 6.50. The van der Waals surface area contributed by atoms with Gasteiger partial charge >= 0.3 is 0 Å². The van der Waals surface area contributed by atoms with Gasteiger partial charge in [0, 0.05) is 5.75 Å². The van der Waals surface area contributed by atoms with E-state index >= 15 is 0 Å². The van der Waals surface area contributed by atoms with Crippen LogP contribution in [0.15, 0.2) is 29.4 Å². The van der Waals surface area contributed by atoms with E-state index < -0.39 is 0 Å². The largest absolute Gasteiger partial charge is 0.382 e. The van der Waals surface area contributed by atoms with Crippen LogP contribution in [0.2, 0.25) is 0 Å². The number of nitriles is 1. The Kier molecular flexibility index (Phi) is 3.97. The molecule has 0 radical (unpaired) electrons. The number of halogens is 1. The molecule has 0 aliphatic rings. The smallest absolute Gasteiger partial charge is 0.190 e. The molecule has 0 fully saturated rings. The average Bonchev–Trinajstić information content (AvgIpc) is 2.37. The average molecular weight is 274 g/mol. The molecule has 19 heavy (non-hydrogen) atoms. The van der Waals surface area contributed by atoms with Crippen molar-refractivity contribution in [3.05, 3.63) is 46.9 Å². The normalized spacial score (nSPS) is 10.2. The van der Waals surface area contributed by atoms with Crippen LogP contribution in [0.25, 0.3) is 0 Å². The van der Waals surface area contributed by atoms with Gasteiger partial charge in [0.1, 0.15) is 23.3 Å². The molecule has 0 amide bonds. The fourth-order valence-electron chi connectivity index (χ4n) is 1.53. The van der Waals surface area contributed by atoms with Gasteiger partial charge in [-0.15, -0.1) is 0 Å². The molecule has 6 heteroatoms. The van der Waals surface area contributed by atoms with Crippen LogP contribution in [0.5, 0.6) is 0 Å². The van der Waals surface area contributed by atoms with Crippen LogP contribution in [0, 0.1) is 24.1 Å². The quantitative estimate of drug-likeness (QED) is 0.688. The third-order valence-electron chi connectivity index (χ3n) is 2.52. The number of aryl methyl sites for hydroxylation is 1. The SMILES string of the molecule is Cc1nc(SCc2ccccc2F)nc(N)c1C#N. The van der Waals surface area contributed by atoms with Crippen LogP contribution in [-0.2, 0) is 5.75 Å². The van der Waals surface area contributed by atoms with E-state index in [1.807, 2.05) is 6.07 Å². The zero-order valence-corrected chi connectivity index (χ0v) is 11.0. The fraction of sp³-hybridized carbons (Fsp3) is 0.154. The number of anilines is 1. The van der Waals surface area contributed by atoms with Crippen LogP contribution in [0.3, 0.4) is 0 Å². The molecule has 0 saturated heterocycles. The van der Waals surface area contributed by atoms with Gasteiger partial charge in [-0.25, -0.2) is 14.4 Å². The summed E-state index contributed by atoms with van der Waals surface area (Å²) in [4.78, 5) is 8.21. The highest BCUT2D eigenvalue weighted by molar-refractivity contribution is 7.98. The summed E-state index contributed by atoms with van der Waals surface area (Å²) in [6.45, 7) is 1.70. The van der Waals surface area contributed by atoms with E-state index in [1.54, 1.807) is 25.1 Å². The molecular weight excluding hydrogens is 263 g/mol. The van der Waals surface area contributed by atoms with Gasteiger partial charge < -0.3 is 5.73 Å². The molecule has 0 unspecified atom stereocenters. The van der Waals surface area contributed by atoms with E-state index in [1.165, 1.54) is 17.8 Å². The van der Waals surface area contributed by atoms with E-state index in [2.05, 4.69) is 9.97 Å². The second kappa shape index (κ2) is 5.67. The first kappa shape index (κ1) is 13.3. The molecule has 0 saturated carbocycles. The fourth-order valence-corrected chi connectivity index (χ4v) is 2.41. The summed E-state index contributed by atoms with van der Waals surface area (Å²) in [5.74, 6) is 0.316. The standard InChI is InChI=1S/C13H11FN4S/c1-8-10(6-15)12(16)18-13(17-8)19-7-9-4-2-3-5-11(9)14/h2-5H,7H2,1H3,(H2,16,17,18). The number of nitrogens with zero attached hydrogens (tertiary/aromatic N) is 3. The van der Waals surface area contributed by atoms with E-state index in [0.717, 1.165) is 0 Å². The Morgan fingerprint density at radius 2 is 2.11 bits per heavy atom. The lowest BCUT2D eigenvalue weighted by atomic mass is 10.2. The molecule has 1 heterocycles. The highest BCUT2D eigenvalue weighted by Gasteiger charge is 2.10. The third kappa shape index (κ3) is 3.01. The number of benzene rings is 1. The Bertz CT molecular complexity index is 628. The molecule has 2 N–H and O–H groups in total. The molecule has 0 spiro atoms. The van der Waals surface area contributed by atoms with E-state index in [0.29, 0.717) is 22.2 Å². The number of thioether (sulfide) groups is 1. The Labute approximate surface area is 114 Å². The van der Waals surface area contributed by atoms with E-state index in [-0.39, 0.29) is 17.2 Å². The molecular formula is C13H11FN4S. The topological polar surface area (TPSA) is 75.6 Å². The van der Waals surface area contributed by atoms with Gasteiger partial charge in [0.25, 0.3) is 0 Å². The molecule has 0 aliphatic heterocycles. The molecule has 0 atom stereocenters. The summed E-state index contributed by atoms with van der Waals surface area (Å²) in [7, 11) is 0. The van der Waals surface area contributed by atoms with Crippen molar-refractivity contribution < 1.29 is 4.39 Å². The molecule has 2 aromatic rings. The zero-order valence-electron chi connectivity index (χ0n) is 10.2. The Hall–Kier alpha value is -2.13. The highest BCUT2D eigenvalue weighted by Crippen LogP contribution is 2.23. The van der Waals surface area contributed by atoms with Gasteiger partial charge in [-0.05, 0) is 18.6 Å². The Morgan fingerprint density at radius 3 is 2.74 bits per heavy atom. The van der Waals surface area contributed by atoms with Gasteiger partial charge in [0.05, 0.1) is 5.69 Å². The second-order valence-corrected chi connectivity index (χ2v) is 4.79. The predicted molar refractivity (Wildman–Crippen MR) is 71.9 cm³/mol. The van der Waals surface area contributed by atoms with Gasteiger partial charge in [-0.3, -0.25) is 0 Å². The van der Waals surface area contributed by atoms with Crippen molar-refractivity contribution in [1.82, 2.24) is 9.97 Å². The summed E-state index contributed by atoms with van der Waals surface area (Å²) in [6.07, 6.45) is 0. The lowest BCUT2D eigenvalue weighted by molar-refractivity contribution is 0.617. The molecule has 1 aromatic carbocycles. The van der Waals surface area contributed by atoms with Crippen molar-refractivity contribution in [2.24, 2.45) is 0 Å². The van der Waals surface area contributed by atoms with Crippen molar-refractivity contribution in [2.45, 2.75) is 17.8 Å². The Balaban J connectivity index is 2.17. The first-order valence-electron chi connectivity index (χ1n) is 5.52.